The molecule has 1 N–H and O–H groups in total. The normalized spacial score (nSPS) is 12.8. The quantitative estimate of drug-likeness (QED) is 0.344. The van der Waals surface area contributed by atoms with Crippen molar-refractivity contribution in [3.63, 3.8) is 0 Å². The molecule has 4 nitrogen and oxygen atoms in total. The molecule has 98 valence electrons. The highest BCUT2D eigenvalue weighted by Gasteiger charge is 2.25. The summed E-state index contributed by atoms with van der Waals surface area (Å²) >= 11 is 0. The molecule has 0 spiro atoms. The van der Waals surface area contributed by atoms with E-state index in [2.05, 4.69) is 12.2 Å². The second-order valence-electron chi connectivity index (χ2n) is 3.39. The van der Waals surface area contributed by atoms with Gasteiger partial charge in [-0.2, -0.15) is 0 Å². The molecule has 0 aromatic carbocycles. The minimum absolute atomic E-state index is 0.373. The van der Waals surface area contributed by atoms with Crippen LogP contribution in [0, 0.1) is 0 Å². The van der Waals surface area contributed by atoms with Gasteiger partial charge in [0, 0.05) is 33.8 Å². The Hall–Kier alpha value is 0.270. The van der Waals surface area contributed by atoms with Crippen LogP contribution in [0.5, 0.6) is 0 Å². The van der Waals surface area contributed by atoms with Crippen LogP contribution >= 0.6 is 8.58 Å². The van der Waals surface area contributed by atoms with Crippen molar-refractivity contribution in [1.29, 1.82) is 0 Å². The highest BCUT2D eigenvalue weighted by molar-refractivity contribution is 7.39. The summed E-state index contributed by atoms with van der Waals surface area (Å²) in [5, 5.41) is 3.34. The average Bonchev–Trinajstić information content (AvgIpc) is 2.34. The Bertz CT molecular complexity index is 146. The first kappa shape index (κ1) is 16.3. The van der Waals surface area contributed by atoms with Gasteiger partial charge in [0.05, 0.1) is 6.61 Å². The van der Waals surface area contributed by atoms with E-state index in [4.69, 9.17) is 14.2 Å². The SMILES string of the molecule is CCOCCNCCPC(CC)(OC)OC. The third kappa shape index (κ3) is 6.77. The van der Waals surface area contributed by atoms with Crippen LogP contribution in [0.25, 0.3) is 0 Å². The van der Waals surface area contributed by atoms with Crippen LogP contribution in [0.3, 0.4) is 0 Å². The van der Waals surface area contributed by atoms with Crippen molar-refractivity contribution in [2.75, 3.05) is 46.7 Å². The van der Waals surface area contributed by atoms with E-state index in [0.717, 1.165) is 38.9 Å². The van der Waals surface area contributed by atoms with Crippen molar-refractivity contribution in [3.8, 4) is 0 Å². The van der Waals surface area contributed by atoms with Gasteiger partial charge in [0.25, 0.3) is 0 Å². The molecule has 0 aliphatic rings. The lowest BCUT2D eigenvalue weighted by atomic mass is 10.5. The molecular weight excluding hydrogens is 225 g/mol. The molecule has 5 heteroatoms. The molecule has 0 aliphatic carbocycles. The summed E-state index contributed by atoms with van der Waals surface area (Å²) in [5.41, 5.74) is -0.373. The number of nitrogens with one attached hydrogen (secondary N) is 1. The van der Waals surface area contributed by atoms with Gasteiger partial charge in [-0.05, 0) is 19.6 Å². The molecule has 1 unspecified atom stereocenters. The molecule has 16 heavy (non-hydrogen) atoms. The summed E-state index contributed by atoms with van der Waals surface area (Å²) in [6.07, 6.45) is 1.96. The first-order valence-electron chi connectivity index (χ1n) is 5.88. The maximum Gasteiger partial charge on any atom is 0.182 e. The van der Waals surface area contributed by atoms with Crippen LogP contribution < -0.4 is 5.32 Å². The van der Waals surface area contributed by atoms with Crippen molar-refractivity contribution >= 4 is 8.58 Å². The highest BCUT2D eigenvalue weighted by atomic mass is 31.1. The second kappa shape index (κ2) is 10.4. The summed E-state index contributed by atoms with van der Waals surface area (Å²) in [7, 11) is 4.08. The van der Waals surface area contributed by atoms with Crippen molar-refractivity contribution in [3.05, 3.63) is 0 Å². The van der Waals surface area contributed by atoms with Gasteiger partial charge in [-0.15, -0.1) is 0 Å². The predicted molar refractivity (Wildman–Crippen MR) is 69.6 cm³/mol. The van der Waals surface area contributed by atoms with Crippen molar-refractivity contribution in [2.45, 2.75) is 25.8 Å². The van der Waals surface area contributed by atoms with Gasteiger partial charge in [0.2, 0.25) is 0 Å². The topological polar surface area (TPSA) is 39.7 Å². The summed E-state index contributed by atoms with van der Waals surface area (Å²) in [6.45, 7) is 7.57. The minimum Gasteiger partial charge on any atom is -0.380 e. The lowest BCUT2D eigenvalue weighted by Gasteiger charge is -2.29. The van der Waals surface area contributed by atoms with Crippen molar-refractivity contribution < 1.29 is 14.2 Å². The van der Waals surface area contributed by atoms with Crippen LogP contribution in [0.1, 0.15) is 20.3 Å². The Labute approximate surface area is 101 Å². The molecule has 0 bridgehead atoms. The fourth-order valence-corrected chi connectivity index (χ4v) is 2.62. The Morgan fingerprint density at radius 1 is 1.12 bits per heavy atom. The Morgan fingerprint density at radius 2 is 1.81 bits per heavy atom. The van der Waals surface area contributed by atoms with Gasteiger partial charge in [0.15, 0.2) is 5.53 Å². The fraction of sp³-hybridized carbons (Fsp3) is 1.00. The van der Waals surface area contributed by atoms with Gasteiger partial charge in [-0.25, -0.2) is 0 Å². The van der Waals surface area contributed by atoms with E-state index in [9.17, 15) is 0 Å². The van der Waals surface area contributed by atoms with E-state index < -0.39 is 0 Å². The summed E-state index contributed by atoms with van der Waals surface area (Å²) in [5.74, 6) is 0. The largest absolute Gasteiger partial charge is 0.380 e. The first-order valence-corrected chi connectivity index (χ1v) is 7.09. The fourth-order valence-electron chi connectivity index (χ4n) is 1.40. The minimum atomic E-state index is -0.373. The molecule has 0 amide bonds. The van der Waals surface area contributed by atoms with E-state index >= 15 is 0 Å². The highest BCUT2D eigenvalue weighted by Crippen LogP contribution is 2.35. The van der Waals surface area contributed by atoms with Crippen LogP contribution in [0.4, 0.5) is 0 Å². The van der Waals surface area contributed by atoms with Gasteiger partial charge < -0.3 is 19.5 Å². The lowest BCUT2D eigenvalue weighted by molar-refractivity contribution is -0.138. The standard InChI is InChI=1S/C11H26NO3P/c1-5-11(13-3,14-4)16-10-8-12-7-9-15-6-2/h12,16H,5-10H2,1-4H3. The third-order valence-corrected chi connectivity index (χ3v) is 4.25. The number of methoxy groups -OCH3 is 2. The maximum absolute atomic E-state index is 5.42. The smallest absolute Gasteiger partial charge is 0.182 e. The van der Waals surface area contributed by atoms with Gasteiger partial charge >= 0.3 is 0 Å². The van der Waals surface area contributed by atoms with Crippen LogP contribution in [-0.4, -0.2) is 52.2 Å². The van der Waals surface area contributed by atoms with E-state index in [0.29, 0.717) is 8.58 Å². The lowest BCUT2D eigenvalue weighted by Crippen LogP contribution is -2.29. The molecule has 0 heterocycles. The Balaban J connectivity index is 3.48. The summed E-state index contributed by atoms with van der Waals surface area (Å²) < 4.78 is 16.1. The number of hydrogen-bond acceptors (Lipinski definition) is 4. The van der Waals surface area contributed by atoms with E-state index in [1.807, 2.05) is 6.92 Å². The molecule has 0 aliphatic heterocycles. The van der Waals surface area contributed by atoms with Gasteiger partial charge in [-0.1, -0.05) is 15.5 Å². The van der Waals surface area contributed by atoms with Gasteiger partial charge in [0.1, 0.15) is 0 Å². The molecule has 1 atom stereocenters. The zero-order valence-electron chi connectivity index (χ0n) is 11.0. The number of hydrogen-bond donors (Lipinski definition) is 1. The monoisotopic (exact) mass is 251 g/mol. The van der Waals surface area contributed by atoms with Crippen molar-refractivity contribution in [2.24, 2.45) is 0 Å². The molecular formula is C11H26NO3P. The summed E-state index contributed by atoms with van der Waals surface area (Å²) in [6, 6.07) is 0. The predicted octanol–water partition coefficient (Wildman–Crippen LogP) is 1.65. The van der Waals surface area contributed by atoms with Crippen LogP contribution in [-0.2, 0) is 14.2 Å². The zero-order chi connectivity index (χ0) is 12.3. The maximum atomic E-state index is 5.42. The third-order valence-electron chi connectivity index (χ3n) is 2.45. The summed E-state index contributed by atoms with van der Waals surface area (Å²) in [4.78, 5) is 0. The number of rotatable bonds is 11. The van der Waals surface area contributed by atoms with Gasteiger partial charge in [-0.3, -0.25) is 0 Å². The molecule has 0 rings (SSSR count). The van der Waals surface area contributed by atoms with Crippen LogP contribution in [0.2, 0.25) is 0 Å². The molecule has 0 aromatic heterocycles. The van der Waals surface area contributed by atoms with E-state index in [1.165, 1.54) is 0 Å². The first-order chi connectivity index (χ1) is 7.74. The molecule has 0 saturated heterocycles. The number of ether oxygens (including phenoxy) is 3. The van der Waals surface area contributed by atoms with E-state index in [1.54, 1.807) is 14.2 Å². The molecule has 0 radical (unpaired) electrons. The Kier molecular flexibility index (Phi) is 10.6. The Morgan fingerprint density at radius 3 is 2.31 bits per heavy atom. The van der Waals surface area contributed by atoms with E-state index in [-0.39, 0.29) is 5.53 Å². The van der Waals surface area contributed by atoms with Crippen LogP contribution in [0.15, 0.2) is 0 Å². The molecule has 0 saturated carbocycles. The second-order valence-corrected chi connectivity index (χ2v) is 5.00. The zero-order valence-corrected chi connectivity index (χ0v) is 12.0. The van der Waals surface area contributed by atoms with Crippen molar-refractivity contribution in [1.82, 2.24) is 5.32 Å². The molecule has 0 fully saturated rings. The molecule has 0 aromatic rings. The average molecular weight is 251 g/mol.